The number of anilines is 2. The number of aryl methyl sites for hydroxylation is 1. The van der Waals surface area contributed by atoms with Crippen molar-refractivity contribution in [1.29, 1.82) is 0 Å². The zero-order valence-electron chi connectivity index (χ0n) is 21.0. The maximum Gasteiger partial charge on any atom is 0.234 e. The minimum absolute atomic E-state index is 0.0527. The van der Waals surface area contributed by atoms with Gasteiger partial charge in [-0.2, -0.15) is 0 Å². The average molecular weight is 516 g/mol. The molecule has 0 aliphatic rings. The minimum Gasteiger partial charge on any atom is -0.494 e. The van der Waals surface area contributed by atoms with Crippen LogP contribution in [-0.2, 0) is 11.3 Å². The molecule has 1 heterocycles. The van der Waals surface area contributed by atoms with Crippen molar-refractivity contribution in [3.63, 3.8) is 0 Å². The standard InChI is InChI=1S/C28H29N5O3S/c1-4-36-25-14-10-22(11-15-25)29-17-26-31-32-28(33(26)24-12-8-19(2)9-13-24)37-18-27(35)30-23-7-5-6-21(16-23)20(3)34/h5-16,29H,4,17-18H2,1-3H3,(H,30,35). The number of nitrogens with one attached hydrogen (secondary N) is 2. The Balaban J connectivity index is 1.48. The number of rotatable bonds is 11. The first-order valence-electron chi connectivity index (χ1n) is 11.9. The second kappa shape index (κ2) is 12.2. The smallest absolute Gasteiger partial charge is 0.234 e. The highest BCUT2D eigenvalue weighted by molar-refractivity contribution is 7.99. The van der Waals surface area contributed by atoms with Gasteiger partial charge in [-0.3, -0.25) is 14.2 Å². The van der Waals surface area contributed by atoms with E-state index in [1.165, 1.54) is 18.7 Å². The predicted molar refractivity (Wildman–Crippen MR) is 147 cm³/mol. The molecule has 3 aromatic carbocycles. The molecular weight excluding hydrogens is 486 g/mol. The number of ketones is 1. The summed E-state index contributed by atoms with van der Waals surface area (Å²) >= 11 is 1.30. The number of benzene rings is 3. The maximum atomic E-state index is 12.7. The molecule has 0 saturated heterocycles. The summed E-state index contributed by atoms with van der Waals surface area (Å²) in [5, 5.41) is 15.6. The molecule has 0 bridgehead atoms. The van der Waals surface area contributed by atoms with E-state index < -0.39 is 0 Å². The largest absolute Gasteiger partial charge is 0.494 e. The van der Waals surface area contributed by atoms with Gasteiger partial charge in [0, 0.05) is 22.6 Å². The van der Waals surface area contributed by atoms with Gasteiger partial charge in [0.2, 0.25) is 5.91 Å². The molecule has 9 heteroatoms. The van der Waals surface area contributed by atoms with Crippen LogP contribution in [0.2, 0.25) is 0 Å². The summed E-state index contributed by atoms with van der Waals surface area (Å²) in [5.41, 5.74) is 4.12. The van der Waals surface area contributed by atoms with E-state index in [-0.39, 0.29) is 17.4 Å². The zero-order valence-corrected chi connectivity index (χ0v) is 21.8. The molecule has 1 aromatic heterocycles. The summed E-state index contributed by atoms with van der Waals surface area (Å²) in [7, 11) is 0. The van der Waals surface area contributed by atoms with Crippen molar-refractivity contribution in [2.75, 3.05) is 23.0 Å². The van der Waals surface area contributed by atoms with Crippen molar-refractivity contribution in [3.05, 3.63) is 89.7 Å². The van der Waals surface area contributed by atoms with E-state index >= 15 is 0 Å². The third-order valence-electron chi connectivity index (χ3n) is 5.49. The van der Waals surface area contributed by atoms with Gasteiger partial charge in [-0.25, -0.2) is 0 Å². The fourth-order valence-electron chi connectivity index (χ4n) is 3.62. The summed E-state index contributed by atoms with van der Waals surface area (Å²) < 4.78 is 7.46. The predicted octanol–water partition coefficient (Wildman–Crippen LogP) is 5.52. The number of nitrogens with zero attached hydrogens (tertiary/aromatic N) is 3. The van der Waals surface area contributed by atoms with Gasteiger partial charge in [0.15, 0.2) is 16.8 Å². The molecule has 0 atom stereocenters. The van der Waals surface area contributed by atoms with Crippen molar-refractivity contribution in [1.82, 2.24) is 14.8 Å². The van der Waals surface area contributed by atoms with Gasteiger partial charge in [-0.1, -0.05) is 41.6 Å². The van der Waals surface area contributed by atoms with Crippen LogP contribution in [0, 0.1) is 6.92 Å². The Labute approximate surface area is 220 Å². The lowest BCUT2D eigenvalue weighted by molar-refractivity contribution is -0.113. The Morgan fingerprint density at radius 2 is 1.73 bits per heavy atom. The summed E-state index contributed by atoms with van der Waals surface area (Å²) in [6.07, 6.45) is 0. The summed E-state index contributed by atoms with van der Waals surface area (Å²) in [6, 6.07) is 22.7. The van der Waals surface area contributed by atoms with Crippen LogP contribution in [0.15, 0.2) is 78.0 Å². The third-order valence-corrected chi connectivity index (χ3v) is 6.42. The number of ether oxygens (including phenoxy) is 1. The van der Waals surface area contributed by atoms with Crippen LogP contribution in [0.1, 0.15) is 35.6 Å². The molecule has 190 valence electrons. The van der Waals surface area contributed by atoms with Crippen LogP contribution in [0.5, 0.6) is 5.75 Å². The normalized spacial score (nSPS) is 10.7. The number of Topliss-reactive ketones (excluding diaryl/α,β-unsaturated/α-hetero) is 1. The van der Waals surface area contributed by atoms with Crippen molar-refractivity contribution in [2.45, 2.75) is 32.5 Å². The molecule has 0 unspecified atom stereocenters. The highest BCUT2D eigenvalue weighted by Gasteiger charge is 2.16. The Morgan fingerprint density at radius 3 is 2.43 bits per heavy atom. The lowest BCUT2D eigenvalue weighted by atomic mass is 10.1. The van der Waals surface area contributed by atoms with Gasteiger partial charge in [-0.15, -0.1) is 10.2 Å². The van der Waals surface area contributed by atoms with Crippen LogP contribution >= 0.6 is 11.8 Å². The SMILES string of the molecule is CCOc1ccc(NCc2nnc(SCC(=O)Nc3cccc(C(C)=O)c3)n2-c2ccc(C)cc2)cc1. The fraction of sp³-hybridized carbons (Fsp3) is 0.214. The number of hydrogen-bond donors (Lipinski definition) is 2. The van der Waals surface area contributed by atoms with Gasteiger partial charge in [0.1, 0.15) is 5.75 Å². The molecular formula is C28H29N5O3S. The highest BCUT2D eigenvalue weighted by Crippen LogP contribution is 2.24. The Hall–Kier alpha value is -4.11. The van der Waals surface area contributed by atoms with Crippen molar-refractivity contribution >= 4 is 34.8 Å². The van der Waals surface area contributed by atoms with Gasteiger partial charge < -0.3 is 15.4 Å². The van der Waals surface area contributed by atoms with E-state index in [2.05, 4.69) is 20.8 Å². The number of amides is 1. The number of thioether (sulfide) groups is 1. The van der Waals surface area contributed by atoms with Crippen molar-refractivity contribution in [2.24, 2.45) is 0 Å². The molecule has 1 amide bonds. The average Bonchev–Trinajstić information content (AvgIpc) is 3.30. The molecule has 4 rings (SSSR count). The summed E-state index contributed by atoms with van der Waals surface area (Å²) in [6.45, 7) is 6.55. The third kappa shape index (κ3) is 6.98. The summed E-state index contributed by atoms with van der Waals surface area (Å²) in [4.78, 5) is 24.3. The Kier molecular flexibility index (Phi) is 8.58. The van der Waals surface area contributed by atoms with Gasteiger partial charge >= 0.3 is 0 Å². The van der Waals surface area contributed by atoms with Crippen LogP contribution in [0.3, 0.4) is 0 Å². The zero-order chi connectivity index (χ0) is 26.2. The lowest BCUT2D eigenvalue weighted by Crippen LogP contribution is -2.15. The monoisotopic (exact) mass is 515 g/mol. The molecule has 37 heavy (non-hydrogen) atoms. The fourth-order valence-corrected chi connectivity index (χ4v) is 4.39. The van der Waals surface area contributed by atoms with E-state index in [4.69, 9.17) is 4.74 Å². The molecule has 0 saturated carbocycles. The van der Waals surface area contributed by atoms with Crippen LogP contribution in [0.25, 0.3) is 5.69 Å². The number of hydrogen-bond acceptors (Lipinski definition) is 7. The molecule has 0 aliphatic carbocycles. The maximum absolute atomic E-state index is 12.7. The van der Waals surface area contributed by atoms with E-state index in [0.29, 0.717) is 29.6 Å². The van der Waals surface area contributed by atoms with Gasteiger partial charge in [0.05, 0.1) is 18.9 Å². The molecule has 0 spiro atoms. The van der Waals surface area contributed by atoms with Crippen molar-refractivity contribution < 1.29 is 14.3 Å². The first-order chi connectivity index (χ1) is 17.9. The molecule has 0 radical (unpaired) electrons. The van der Waals surface area contributed by atoms with Crippen LogP contribution in [-0.4, -0.2) is 38.8 Å². The summed E-state index contributed by atoms with van der Waals surface area (Å²) in [5.74, 6) is 1.43. The number of carbonyl (C=O) groups excluding carboxylic acids is 2. The second-order valence-corrected chi connectivity index (χ2v) is 9.30. The van der Waals surface area contributed by atoms with Gasteiger partial charge in [0.25, 0.3) is 0 Å². The molecule has 2 N–H and O–H groups in total. The molecule has 8 nitrogen and oxygen atoms in total. The first kappa shape index (κ1) is 26.0. The number of aromatic nitrogens is 3. The van der Waals surface area contributed by atoms with E-state index in [0.717, 1.165) is 28.5 Å². The molecule has 4 aromatic rings. The second-order valence-electron chi connectivity index (χ2n) is 8.35. The Morgan fingerprint density at radius 1 is 0.973 bits per heavy atom. The topological polar surface area (TPSA) is 98.1 Å². The van der Waals surface area contributed by atoms with E-state index in [9.17, 15) is 9.59 Å². The van der Waals surface area contributed by atoms with Crippen LogP contribution in [0.4, 0.5) is 11.4 Å². The Bertz CT molecular complexity index is 1370. The van der Waals surface area contributed by atoms with E-state index in [1.807, 2.05) is 66.9 Å². The first-order valence-corrected chi connectivity index (χ1v) is 12.9. The van der Waals surface area contributed by atoms with Gasteiger partial charge in [-0.05, 0) is 69.3 Å². The quantitative estimate of drug-likeness (QED) is 0.200. The van der Waals surface area contributed by atoms with Crippen LogP contribution < -0.4 is 15.4 Å². The molecule has 0 aliphatic heterocycles. The van der Waals surface area contributed by atoms with Crippen molar-refractivity contribution in [3.8, 4) is 11.4 Å². The number of carbonyl (C=O) groups is 2. The van der Waals surface area contributed by atoms with E-state index in [1.54, 1.807) is 24.3 Å². The minimum atomic E-state index is -0.196. The molecule has 0 fully saturated rings. The lowest BCUT2D eigenvalue weighted by Gasteiger charge is -2.12. The highest BCUT2D eigenvalue weighted by atomic mass is 32.2.